The number of rotatable bonds is 5. The van der Waals surface area contributed by atoms with Crippen LogP contribution in [0.1, 0.15) is 23.6 Å². The highest BCUT2D eigenvalue weighted by atomic mass is 16.5. The molecule has 6 heteroatoms. The Bertz CT molecular complexity index is 401. The van der Waals surface area contributed by atoms with Crippen LogP contribution in [0.4, 0.5) is 0 Å². The molecule has 0 radical (unpaired) electrons. The average molecular weight is 241 g/mol. The zero-order valence-corrected chi connectivity index (χ0v) is 10.7. The van der Waals surface area contributed by atoms with Crippen LogP contribution in [-0.4, -0.2) is 36.5 Å². The number of hydrogen-bond donors (Lipinski definition) is 1. The molecule has 0 saturated carbocycles. The van der Waals surface area contributed by atoms with E-state index < -0.39 is 0 Å². The normalized spacial score (nSPS) is 12.3. The molecule has 0 fully saturated rings. The molecule has 0 bridgehead atoms. The van der Waals surface area contributed by atoms with Crippen molar-refractivity contribution in [2.75, 3.05) is 20.8 Å². The lowest BCUT2D eigenvalue weighted by Crippen LogP contribution is -2.18. The number of nitrogens with zero attached hydrogens (tertiary/aromatic N) is 2. The molecule has 0 spiro atoms. The summed E-state index contributed by atoms with van der Waals surface area (Å²) < 4.78 is 11.6. The predicted molar refractivity (Wildman–Crippen MR) is 62.9 cm³/mol. The van der Waals surface area contributed by atoms with Gasteiger partial charge in [0.1, 0.15) is 0 Å². The smallest absolute Gasteiger partial charge is 0.306 e. The minimum atomic E-state index is -0.286. The number of aryl methyl sites for hydroxylation is 2. The third-order valence-electron chi connectivity index (χ3n) is 2.74. The topological polar surface area (TPSA) is 79.4 Å². The number of carbonyl (C=O) groups excluding carboxylic acids is 1. The van der Waals surface area contributed by atoms with E-state index in [0.29, 0.717) is 12.4 Å². The molecule has 0 aromatic carbocycles. The van der Waals surface area contributed by atoms with Gasteiger partial charge in [-0.2, -0.15) is 5.10 Å². The first-order valence-electron chi connectivity index (χ1n) is 5.39. The van der Waals surface area contributed by atoms with E-state index >= 15 is 0 Å². The Morgan fingerprint density at radius 3 is 2.65 bits per heavy atom. The van der Waals surface area contributed by atoms with Gasteiger partial charge in [0.25, 0.3) is 0 Å². The average Bonchev–Trinajstić information content (AvgIpc) is 2.60. The van der Waals surface area contributed by atoms with E-state index in [1.54, 1.807) is 18.8 Å². The number of carbonyl (C=O) groups is 1. The first-order valence-corrected chi connectivity index (χ1v) is 5.39. The molecule has 0 aliphatic carbocycles. The molecule has 0 saturated heterocycles. The van der Waals surface area contributed by atoms with Crippen molar-refractivity contribution in [1.29, 1.82) is 0 Å². The van der Waals surface area contributed by atoms with Crippen molar-refractivity contribution in [3.05, 3.63) is 11.3 Å². The summed E-state index contributed by atoms with van der Waals surface area (Å²) in [5.41, 5.74) is 7.41. The highest BCUT2D eigenvalue weighted by Gasteiger charge is 2.24. The van der Waals surface area contributed by atoms with Gasteiger partial charge in [-0.25, -0.2) is 4.68 Å². The number of hydrogen-bond acceptors (Lipinski definition) is 5. The van der Waals surface area contributed by atoms with E-state index in [1.807, 2.05) is 6.92 Å². The zero-order valence-electron chi connectivity index (χ0n) is 10.7. The molecule has 96 valence electrons. The van der Waals surface area contributed by atoms with Gasteiger partial charge >= 0.3 is 5.97 Å². The van der Waals surface area contributed by atoms with Crippen LogP contribution >= 0.6 is 0 Å². The summed E-state index contributed by atoms with van der Waals surface area (Å²) in [4.78, 5) is 11.3. The van der Waals surface area contributed by atoms with Gasteiger partial charge in [-0.05, 0) is 6.92 Å². The molecule has 1 aromatic rings. The van der Waals surface area contributed by atoms with E-state index in [0.717, 1.165) is 11.3 Å². The Hall–Kier alpha value is -1.56. The largest absolute Gasteiger partial charge is 0.481 e. The van der Waals surface area contributed by atoms with E-state index in [9.17, 15) is 4.79 Å². The number of nitrogens with two attached hydrogens (primary N) is 1. The van der Waals surface area contributed by atoms with Crippen molar-refractivity contribution in [3.63, 3.8) is 0 Å². The summed E-state index contributed by atoms with van der Waals surface area (Å²) in [5, 5.41) is 4.27. The summed E-state index contributed by atoms with van der Waals surface area (Å²) in [5.74, 6) is 0.221. The van der Waals surface area contributed by atoms with Crippen LogP contribution in [0.25, 0.3) is 0 Å². The van der Waals surface area contributed by atoms with Gasteiger partial charge in [0.2, 0.25) is 5.88 Å². The molecule has 6 nitrogen and oxygen atoms in total. The van der Waals surface area contributed by atoms with Crippen molar-refractivity contribution in [2.45, 2.75) is 19.3 Å². The minimum Gasteiger partial charge on any atom is -0.481 e. The number of esters is 1. The van der Waals surface area contributed by atoms with Gasteiger partial charge in [0, 0.05) is 25.1 Å². The second-order valence-electron chi connectivity index (χ2n) is 3.84. The highest BCUT2D eigenvalue weighted by molar-refractivity contribution is 5.70. The Balaban J connectivity index is 3.06. The third-order valence-corrected chi connectivity index (χ3v) is 2.74. The van der Waals surface area contributed by atoms with Gasteiger partial charge in [0.05, 0.1) is 26.3 Å². The molecule has 0 aliphatic heterocycles. The summed E-state index contributed by atoms with van der Waals surface area (Å²) in [7, 11) is 4.73. The lowest BCUT2D eigenvalue weighted by molar-refractivity contribution is -0.141. The van der Waals surface area contributed by atoms with Crippen LogP contribution < -0.4 is 10.5 Å². The third kappa shape index (κ3) is 2.76. The second-order valence-corrected chi connectivity index (χ2v) is 3.84. The molecule has 2 N–H and O–H groups in total. The van der Waals surface area contributed by atoms with Crippen LogP contribution in [0.5, 0.6) is 5.88 Å². The van der Waals surface area contributed by atoms with Crippen LogP contribution in [-0.2, 0) is 16.6 Å². The molecule has 1 aromatic heterocycles. The second kappa shape index (κ2) is 5.67. The lowest BCUT2D eigenvalue weighted by atomic mass is 9.96. The van der Waals surface area contributed by atoms with Gasteiger partial charge in [-0.3, -0.25) is 4.79 Å². The quantitative estimate of drug-likeness (QED) is 0.752. The zero-order chi connectivity index (χ0) is 13.0. The molecule has 1 rings (SSSR count). The molecular formula is C11H19N3O3. The number of aromatic nitrogens is 2. The molecule has 0 amide bonds. The van der Waals surface area contributed by atoms with Crippen molar-refractivity contribution in [3.8, 4) is 5.88 Å². The Kier molecular flexibility index (Phi) is 4.51. The van der Waals surface area contributed by atoms with E-state index in [2.05, 4.69) is 9.84 Å². The van der Waals surface area contributed by atoms with Crippen LogP contribution in [0.15, 0.2) is 0 Å². The van der Waals surface area contributed by atoms with E-state index in [-0.39, 0.29) is 18.3 Å². The van der Waals surface area contributed by atoms with Crippen LogP contribution in [0, 0.1) is 6.92 Å². The van der Waals surface area contributed by atoms with Gasteiger partial charge in [-0.15, -0.1) is 0 Å². The highest BCUT2D eigenvalue weighted by Crippen LogP contribution is 2.31. The van der Waals surface area contributed by atoms with Crippen molar-refractivity contribution in [1.82, 2.24) is 9.78 Å². The fourth-order valence-corrected chi connectivity index (χ4v) is 1.95. The lowest BCUT2D eigenvalue weighted by Gasteiger charge is -2.14. The van der Waals surface area contributed by atoms with Gasteiger partial charge in [0.15, 0.2) is 0 Å². The first-order chi connectivity index (χ1) is 8.04. The summed E-state index contributed by atoms with van der Waals surface area (Å²) >= 11 is 0. The Morgan fingerprint density at radius 2 is 2.18 bits per heavy atom. The predicted octanol–water partition coefficient (Wildman–Crippen LogP) is 0.343. The van der Waals surface area contributed by atoms with Gasteiger partial charge in [-0.1, -0.05) is 0 Å². The SMILES string of the molecule is COC(=O)CC(CN)c1c(C)nn(C)c1OC. The van der Waals surface area contributed by atoms with Crippen molar-refractivity contribution < 1.29 is 14.3 Å². The molecule has 0 aliphatic rings. The van der Waals surface area contributed by atoms with Gasteiger partial charge < -0.3 is 15.2 Å². The van der Waals surface area contributed by atoms with Crippen LogP contribution in [0.2, 0.25) is 0 Å². The molecular weight excluding hydrogens is 222 g/mol. The van der Waals surface area contributed by atoms with Crippen molar-refractivity contribution in [2.24, 2.45) is 12.8 Å². The van der Waals surface area contributed by atoms with E-state index in [4.69, 9.17) is 10.5 Å². The summed E-state index contributed by atoms with van der Waals surface area (Å²) in [6.45, 7) is 2.22. The maximum atomic E-state index is 11.3. The first kappa shape index (κ1) is 13.5. The molecule has 1 unspecified atom stereocenters. The van der Waals surface area contributed by atoms with Crippen LogP contribution in [0.3, 0.4) is 0 Å². The molecule has 1 heterocycles. The molecule has 17 heavy (non-hydrogen) atoms. The standard InChI is InChI=1S/C11H19N3O3/c1-7-10(11(17-4)14(2)13-7)8(6-12)5-9(15)16-3/h8H,5-6,12H2,1-4H3. The summed E-state index contributed by atoms with van der Waals surface area (Å²) in [6, 6.07) is 0. The Morgan fingerprint density at radius 1 is 1.53 bits per heavy atom. The Labute approximate surface area is 101 Å². The maximum Gasteiger partial charge on any atom is 0.306 e. The number of methoxy groups -OCH3 is 2. The summed E-state index contributed by atoms with van der Waals surface area (Å²) in [6.07, 6.45) is 0.232. The van der Waals surface area contributed by atoms with Crippen molar-refractivity contribution >= 4 is 5.97 Å². The fraction of sp³-hybridized carbons (Fsp3) is 0.636. The fourth-order valence-electron chi connectivity index (χ4n) is 1.95. The number of ether oxygens (including phenoxy) is 2. The van der Waals surface area contributed by atoms with E-state index in [1.165, 1.54) is 7.11 Å². The molecule has 1 atom stereocenters. The minimum absolute atomic E-state index is 0.133. The maximum absolute atomic E-state index is 11.3. The monoisotopic (exact) mass is 241 g/mol.